The lowest BCUT2D eigenvalue weighted by Gasteiger charge is -1.98. The molecule has 1 aromatic carbocycles. The van der Waals surface area contributed by atoms with Crippen LogP contribution in [-0.2, 0) is 6.42 Å². The van der Waals surface area contributed by atoms with Crippen LogP contribution in [0.5, 0.6) is 0 Å². The molecule has 0 unspecified atom stereocenters. The molecular weight excluding hydrogens is 258 g/mol. The van der Waals surface area contributed by atoms with Crippen molar-refractivity contribution in [3.05, 3.63) is 64.6 Å². The summed E-state index contributed by atoms with van der Waals surface area (Å²) in [7, 11) is 0. The van der Waals surface area contributed by atoms with E-state index in [0.29, 0.717) is 5.69 Å². The van der Waals surface area contributed by atoms with E-state index in [1.165, 1.54) is 5.56 Å². The lowest BCUT2D eigenvalue weighted by molar-refractivity contribution is 1.11. The van der Waals surface area contributed by atoms with Gasteiger partial charge in [0.25, 0.3) is 0 Å². The molecule has 0 amide bonds. The van der Waals surface area contributed by atoms with Crippen LogP contribution >= 0.6 is 11.6 Å². The van der Waals surface area contributed by atoms with E-state index in [1.54, 1.807) is 0 Å². The summed E-state index contributed by atoms with van der Waals surface area (Å²) in [6.07, 6.45) is 4.83. The molecule has 0 aliphatic rings. The van der Waals surface area contributed by atoms with E-state index in [9.17, 15) is 0 Å². The highest BCUT2D eigenvalue weighted by Gasteiger charge is 2.06. The molecule has 4 heteroatoms. The minimum Gasteiger partial charge on any atom is -0.396 e. The van der Waals surface area contributed by atoms with Crippen LogP contribution in [0.2, 0.25) is 5.02 Å². The summed E-state index contributed by atoms with van der Waals surface area (Å²) in [6.45, 7) is 2.02. The quantitative estimate of drug-likeness (QED) is 0.776. The van der Waals surface area contributed by atoms with Gasteiger partial charge in [0, 0.05) is 23.8 Å². The highest BCUT2D eigenvalue weighted by Crippen LogP contribution is 2.18. The average molecular weight is 272 g/mol. The number of nitrogen functional groups attached to an aromatic ring is 1. The van der Waals surface area contributed by atoms with Crippen molar-refractivity contribution >= 4 is 22.9 Å². The molecular formula is C15H14ClN3. The third kappa shape index (κ3) is 2.42. The van der Waals surface area contributed by atoms with Crippen molar-refractivity contribution in [2.75, 3.05) is 5.73 Å². The summed E-state index contributed by atoms with van der Waals surface area (Å²) >= 11 is 5.88. The summed E-state index contributed by atoms with van der Waals surface area (Å²) < 4.78 is 1.98. The van der Waals surface area contributed by atoms with E-state index >= 15 is 0 Å². The van der Waals surface area contributed by atoms with Crippen LogP contribution in [0.15, 0.2) is 42.7 Å². The number of rotatable bonds is 2. The Balaban J connectivity index is 1.97. The molecule has 3 aromatic rings. The van der Waals surface area contributed by atoms with Gasteiger partial charge in [-0.25, -0.2) is 4.98 Å². The Morgan fingerprint density at radius 1 is 1.21 bits per heavy atom. The maximum atomic E-state index is 5.98. The molecule has 3 rings (SSSR count). The molecule has 0 saturated heterocycles. The second-order valence-corrected chi connectivity index (χ2v) is 5.18. The molecule has 0 fully saturated rings. The van der Waals surface area contributed by atoms with Crippen molar-refractivity contribution in [2.24, 2.45) is 0 Å². The highest BCUT2D eigenvalue weighted by molar-refractivity contribution is 6.30. The Labute approximate surface area is 116 Å². The number of halogens is 1. The lowest BCUT2D eigenvalue weighted by Crippen LogP contribution is -1.93. The number of nitrogens with zero attached hydrogens (tertiary/aromatic N) is 2. The average Bonchev–Trinajstić information content (AvgIpc) is 2.75. The minimum absolute atomic E-state index is 0.711. The van der Waals surface area contributed by atoms with Gasteiger partial charge in [-0.1, -0.05) is 23.7 Å². The largest absolute Gasteiger partial charge is 0.396 e. The van der Waals surface area contributed by atoms with Crippen molar-refractivity contribution in [3.8, 4) is 0 Å². The number of hydrogen-bond donors (Lipinski definition) is 1. The maximum absolute atomic E-state index is 5.98. The smallest absolute Gasteiger partial charge is 0.160 e. The number of anilines is 1. The fourth-order valence-corrected chi connectivity index (χ4v) is 2.35. The second-order valence-electron chi connectivity index (χ2n) is 4.74. The molecule has 2 N–H and O–H groups in total. The van der Waals surface area contributed by atoms with Crippen LogP contribution in [-0.4, -0.2) is 9.38 Å². The first-order chi connectivity index (χ1) is 9.11. The Morgan fingerprint density at radius 3 is 2.68 bits per heavy atom. The fraction of sp³-hybridized carbons (Fsp3) is 0.133. The number of pyridine rings is 1. The van der Waals surface area contributed by atoms with Crippen LogP contribution < -0.4 is 5.73 Å². The Kier molecular flexibility index (Phi) is 2.91. The van der Waals surface area contributed by atoms with Gasteiger partial charge < -0.3 is 10.1 Å². The van der Waals surface area contributed by atoms with E-state index in [2.05, 4.69) is 4.98 Å². The lowest BCUT2D eigenvalue weighted by atomic mass is 10.1. The Bertz CT molecular complexity index is 729. The van der Waals surface area contributed by atoms with Gasteiger partial charge in [0.15, 0.2) is 5.65 Å². The topological polar surface area (TPSA) is 43.3 Å². The van der Waals surface area contributed by atoms with Crippen LogP contribution in [0.25, 0.3) is 5.65 Å². The number of aryl methyl sites for hydroxylation is 1. The van der Waals surface area contributed by atoms with Crippen molar-refractivity contribution in [3.63, 3.8) is 0 Å². The summed E-state index contributed by atoms with van der Waals surface area (Å²) in [4.78, 5) is 4.58. The van der Waals surface area contributed by atoms with Gasteiger partial charge >= 0.3 is 0 Å². The summed E-state index contributed by atoms with van der Waals surface area (Å²) in [5, 5.41) is 0.749. The number of fused-ring (bicyclic) bond motifs is 1. The molecule has 0 radical (unpaired) electrons. The zero-order valence-electron chi connectivity index (χ0n) is 10.6. The van der Waals surface area contributed by atoms with Crippen molar-refractivity contribution in [2.45, 2.75) is 13.3 Å². The standard InChI is InChI=1S/C15H14ClN3/c1-10-6-14(17)15-18-13(9-19(15)8-10)7-11-2-4-12(16)5-3-11/h2-6,8-9H,7,17H2,1H3. The highest BCUT2D eigenvalue weighted by atomic mass is 35.5. The third-order valence-corrected chi connectivity index (χ3v) is 3.32. The van der Waals surface area contributed by atoms with E-state index in [-0.39, 0.29) is 0 Å². The van der Waals surface area contributed by atoms with E-state index in [0.717, 1.165) is 28.3 Å². The number of imidazole rings is 1. The van der Waals surface area contributed by atoms with Gasteiger partial charge in [-0.15, -0.1) is 0 Å². The van der Waals surface area contributed by atoms with Gasteiger partial charge in [-0.05, 0) is 36.2 Å². The molecule has 2 aromatic heterocycles. The number of hydrogen-bond acceptors (Lipinski definition) is 2. The van der Waals surface area contributed by atoms with Gasteiger partial charge in [0.05, 0.1) is 11.4 Å². The summed E-state index contributed by atoms with van der Waals surface area (Å²) in [5.74, 6) is 0. The van der Waals surface area contributed by atoms with Gasteiger partial charge in [-0.2, -0.15) is 0 Å². The normalized spacial score (nSPS) is 11.1. The number of nitrogens with two attached hydrogens (primary N) is 1. The van der Waals surface area contributed by atoms with E-state index in [4.69, 9.17) is 17.3 Å². The molecule has 0 bridgehead atoms. The van der Waals surface area contributed by atoms with Gasteiger partial charge in [0.2, 0.25) is 0 Å². The van der Waals surface area contributed by atoms with Crippen LogP contribution in [0.4, 0.5) is 5.69 Å². The van der Waals surface area contributed by atoms with Crippen LogP contribution in [0.3, 0.4) is 0 Å². The van der Waals surface area contributed by atoms with Crippen molar-refractivity contribution < 1.29 is 0 Å². The van der Waals surface area contributed by atoms with E-state index in [1.807, 2.05) is 54.0 Å². The molecule has 0 spiro atoms. The number of benzene rings is 1. The molecule has 0 aliphatic heterocycles. The molecule has 0 aliphatic carbocycles. The molecule has 0 saturated carbocycles. The van der Waals surface area contributed by atoms with Gasteiger partial charge in [-0.3, -0.25) is 0 Å². The SMILES string of the molecule is Cc1cc(N)c2nc(Cc3ccc(Cl)cc3)cn2c1. The second kappa shape index (κ2) is 4.59. The van der Waals surface area contributed by atoms with Gasteiger partial charge in [0.1, 0.15) is 0 Å². The molecule has 3 nitrogen and oxygen atoms in total. The fourth-order valence-electron chi connectivity index (χ4n) is 2.22. The number of aromatic nitrogens is 2. The van der Waals surface area contributed by atoms with E-state index < -0.39 is 0 Å². The molecule has 0 atom stereocenters. The predicted octanol–water partition coefficient (Wildman–Crippen LogP) is 3.47. The van der Waals surface area contributed by atoms with Crippen LogP contribution in [0.1, 0.15) is 16.8 Å². The summed E-state index contributed by atoms with van der Waals surface area (Å²) in [6, 6.07) is 9.76. The van der Waals surface area contributed by atoms with Crippen molar-refractivity contribution in [1.82, 2.24) is 9.38 Å². The zero-order chi connectivity index (χ0) is 13.4. The summed E-state index contributed by atoms with van der Waals surface area (Å²) in [5.41, 5.74) is 10.8. The monoisotopic (exact) mass is 271 g/mol. The molecule has 19 heavy (non-hydrogen) atoms. The third-order valence-electron chi connectivity index (χ3n) is 3.06. The first kappa shape index (κ1) is 12.1. The zero-order valence-corrected chi connectivity index (χ0v) is 11.4. The molecule has 2 heterocycles. The Morgan fingerprint density at radius 2 is 1.95 bits per heavy atom. The first-order valence-electron chi connectivity index (χ1n) is 6.10. The minimum atomic E-state index is 0.711. The molecule has 96 valence electrons. The predicted molar refractivity (Wildman–Crippen MR) is 78.6 cm³/mol. The van der Waals surface area contributed by atoms with Crippen LogP contribution in [0, 0.1) is 6.92 Å². The van der Waals surface area contributed by atoms with Crippen molar-refractivity contribution in [1.29, 1.82) is 0 Å². The first-order valence-corrected chi connectivity index (χ1v) is 6.48. The Hall–Kier alpha value is -2.00. The maximum Gasteiger partial charge on any atom is 0.160 e.